The first kappa shape index (κ1) is 26.7. The van der Waals surface area contributed by atoms with Gasteiger partial charge in [-0.15, -0.1) is 0 Å². The zero-order valence-corrected chi connectivity index (χ0v) is 23.4. The van der Waals surface area contributed by atoms with E-state index >= 15 is 0 Å². The molecule has 0 radical (unpaired) electrons. The van der Waals surface area contributed by atoms with Gasteiger partial charge in [-0.3, -0.25) is 9.59 Å². The Labute approximate surface area is 214 Å². The molecule has 0 aromatic carbocycles. The maximum Gasteiger partial charge on any atom is 0.302 e. The minimum atomic E-state index is -0.248. The van der Waals surface area contributed by atoms with Gasteiger partial charge in [0.05, 0.1) is 0 Å². The van der Waals surface area contributed by atoms with E-state index in [1.807, 2.05) is 0 Å². The number of hydrogen-bond acceptors (Lipinski definition) is 4. The highest BCUT2D eigenvalue weighted by Crippen LogP contribution is 2.67. The molecule has 4 nitrogen and oxygen atoms in total. The zero-order valence-electron chi connectivity index (χ0n) is 23.4. The summed E-state index contributed by atoms with van der Waals surface area (Å²) in [7, 11) is 0. The summed E-state index contributed by atoms with van der Waals surface area (Å²) in [4.78, 5) is 23.9. The van der Waals surface area contributed by atoms with Gasteiger partial charge < -0.3 is 9.47 Å². The topological polar surface area (TPSA) is 52.6 Å². The van der Waals surface area contributed by atoms with Crippen LogP contribution in [0.2, 0.25) is 0 Å². The number of esters is 2. The van der Waals surface area contributed by atoms with Gasteiger partial charge in [0.25, 0.3) is 0 Å². The maximum absolute atomic E-state index is 12.1. The summed E-state index contributed by atoms with van der Waals surface area (Å²) in [5.74, 6) is 3.94. The molecule has 0 N–H and O–H groups in total. The van der Waals surface area contributed by atoms with E-state index in [0.29, 0.717) is 23.7 Å². The van der Waals surface area contributed by atoms with Crippen LogP contribution in [0.4, 0.5) is 0 Å². The van der Waals surface area contributed by atoms with Gasteiger partial charge in [-0.05, 0) is 73.0 Å². The molecule has 4 aliphatic rings. The molecule has 0 spiro atoms. The van der Waals surface area contributed by atoms with Gasteiger partial charge in [-0.25, -0.2) is 0 Å². The Morgan fingerprint density at radius 1 is 1.00 bits per heavy atom. The van der Waals surface area contributed by atoms with E-state index in [1.54, 1.807) is 0 Å². The quantitative estimate of drug-likeness (QED) is 0.276. The predicted octanol–water partition coefficient (Wildman–Crippen LogP) is 7.50. The highest BCUT2D eigenvalue weighted by atomic mass is 16.6. The Bertz CT molecular complexity index is 830. The number of carbonyl (C=O) groups excluding carboxylic acids is 2. The fourth-order valence-corrected chi connectivity index (χ4v) is 9.38. The Hall–Kier alpha value is -1.32. The number of hydrogen-bond donors (Lipinski definition) is 0. The third-order valence-corrected chi connectivity index (χ3v) is 11.0. The van der Waals surface area contributed by atoms with Crippen LogP contribution in [0.1, 0.15) is 113 Å². The molecule has 4 rings (SSSR count). The number of carbonyl (C=O) groups is 2. The predicted molar refractivity (Wildman–Crippen MR) is 140 cm³/mol. The van der Waals surface area contributed by atoms with Crippen LogP contribution < -0.4 is 0 Å². The lowest BCUT2D eigenvalue weighted by molar-refractivity contribution is -0.172. The highest BCUT2D eigenvalue weighted by Gasteiger charge is 2.62. The van der Waals surface area contributed by atoms with Crippen LogP contribution in [0.15, 0.2) is 11.6 Å². The van der Waals surface area contributed by atoms with Crippen molar-refractivity contribution < 1.29 is 19.1 Å². The average molecular weight is 487 g/mol. The van der Waals surface area contributed by atoms with Gasteiger partial charge in [0.1, 0.15) is 12.2 Å². The fraction of sp³-hybridized carbons (Fsp3) is 0.871. The largest absolute Gasteiger partial charge is 0.462 e. The van der Waals surface area contributed by atoms with Crippen LogP contribution in [0.3, 0.4) is 0 Å². The number of rotatable bonds is 7. The van der Waals surface area contributed by atoms with Crippen LogP contribution >= 0.6 is 0 Å². The van der Waals surface area contributed by atoms with Gasteiger partial charge in [-0.1, -0.05) is 65.5 Å². The number of fused-ring (bicyclic) bond motifs is 5. The molecule has 0 aliphatic heterocycles. The van der Waals surface area contributed by atoms with Crippen molar-refractivity contribution in [2.45, 2.75) is 125 Å². The molecular weight excluding hydrogens is 436 g/mol. The standard InChI is InChI=1S/C31H50O4/c1-19(2)9-8-10-20(3)26-13-14-27-25-12-11-23-17-24(34-21(4)32)18-29(35-22(5)33)31(23,7)28(25)15-16-30(26,27)6/h11,19-20,24-29H,8-10,12-18H2,1-7H3/t20-,24-,25?,26?,27?,28?,29+,30-,31+/m1/s1. The smallest absolute Gasteiger partial charge is 0.302 e. The van der Waals surface area contributed by atoms with Crippen LogP contribution in [0, 0.1) is 46.3 Å². The molecule has 198 valence electrons. The molecule has 4 unspecified atom stereocenters. The lowest BCUT2D eigenvalue weighted by Crippen LogP contribution is -2.57. The molecule has 0 aromatic rings. The van der Waals surface area contributed by atoms with Gasteiger partial charge >= 0.3 is 11.9 Å². The van der Waals surface area contributed by atoms with Gasteiger partial charge in [0, 0.05) is 32.1 Å². The highest BCUT2D eigenvalue weighted by molar-refractivity contribution is 5.67. The Morgan fingerprint density at radius 2 is 1.71 bits per heavy atom. The van der Waals surface area contributed by atoms with Gasteiger partial charge in [-0.2, -0.15) is 0 Å². The molecule has 9 atom stereocenters. The lowest BCUT2D eigenvalue weighted by atomic mass is 9.46. The van der Waals surface area contributed by atoms with E-state index in [2.05, 4.69) is 40.7 Å². The molecule has 0 heterocycles. The van der Waals surface area contributed by atoms with Gasteiger partial charge in [0.2, 0.25) is 0 Å². The summed E-state index contributed by atoms with van der Waals surface area (Å²) in [6, 6.07) is 0. The summed E-state index contributed by atoms with van der Waals surface area (Å²) >= 11 is 0. The van der Waals surface area contributed by atoms with Crippen LogP contribution in [-0.4, -0.2) is 24.1 Å². The fourth-order valence-electron chi connectivity index (χ4n) is 9.38. The Kier molecular flexibility index (Phi) is 7.80. The summed E-state index contributed by atoms with van der Waals surface area (Å²) in [5, 5.41) is 0. The average Bonchev–Trinajstić information content (AvgIpc) is 3.11. The second-order valence-corrected chi connectivity index (χ2v) is 13.4. The number of ether oxygens (including phenoxy) is 2. The summed E-state index contributed by atoms with van der Waals surface area (Å²) in [5.41, 5.74) is 1.65. The minimum Gasteiger partial charge on any atom is -0.462 e. The van der Waals surface area contributed by atoms with E-state index in [1.165, 1.54) is 64.4 Å². The first-order chi connectivity index (χ1) is 16.5. The summed E-state index contributed by atoms with van der Waals surface area (Å²) in [6.07, 6.45) is 13.9. The van der Waals surface area contributed by atoms with E-state index < -0.39 is 0 Å². The summed E-state index contributed by atoms with van der Waals surface area (Å²) in [6.45, 7) is 15.2. The van der Waals surface area contributed by atoms with Crippen molar-refractivity contribution in [2.75, 3.05) is 0 Å². The van der Waals surface area contributed by atoms with Crippen molar-refractivity contribution in [2.24, 2.45) is 46.3 Å². The maximum atomic E-state index is 12.1. The Morgan fingerprint density at radius 3 is 2.37 bits per heavy atom. The minimum absolute atomic E-state index is 0.145. The second-order valence-electron chi connectivity index (χ2n) is 13.4. The molecule has 0 bridgehead atoms. The van der Waals surface area contributed by atoms with E-state index in [0.717, 1.165) is 36.5 Å². The third-order valence-electron chi connectivity index (χ3n) is 11.0. The first-order valence-electron chi connectivity index (χ1n) is 14.5. The Balaban J connectivity index is 1.56. The van der Waals surface area contributed by atoms with Crippen molar-refractivity contribution in [1.29, 1.82) is 0 Å². The lowest BCUT2D eigenvalue weighted by Gasteiger charge is -2.60. The molecule has 4 heteroatoms. The van der Waals surface area contributed by atoms with E-state index in [9.17, 15) is 9.59 Å². The van der Waals surface area contributed by atoms with Crippen molar-refractivity contribution in [3.63, 3.8) is 0 Å². The monoisotopic (exact) mass is 486 g/mol. The molecule has 35 heavy (non-hydrogen) atoms. The normalized spacial score (nSPS) is 41.3. The van der Waals surface area contributed by atoms with E-state index in [4.69, 9.17) is 9.47 Å². The van der Waals surface area contributed by atoms with Crippen molar-refractivity contribution in [1.82, 2.24) is 0 Å². The van der Waals surface area contributed by atoms with Crippen molar-refractivity contribution in [3.8, 4) is 0 Å². The zero-order chi connectivity index (χ0) is 25.5. The molecule has 0 saturated heterocycles. The van der Waals surface area contributed by atoms with E-state index in [-0.39, 0.29) is 29.6 Å². The van der Waals surface area contributed by atoms with Crippen LogP contribution in [0.5, 0.6) is 0 Å². The second kappa shape index (κ2) is 10.2. The molecule has 0 amide bonds. The summed E-state index contributed by atoms with van der Waals surface area (Å²) < 4.78 is 11.6. The van der Waals surface area contributed by atoms with Crippen LogP contribution in [0.25, 0.3) is 0 Å². The molecular formula is C31H50O4. The molecule has 0 aromatic heterocycles. The number of allylic oxidation sites excluding steroid dienone is 1. The molecule has 3 saturated carbocycles. The third kappa shape index (κ3) is 4.97. The van der Waals surface area contributed by atoms with Crippen molar-refractivity contribution >= 4 is 11.9 Å². The molecule has 3 fully saturated rings. The van der Waals surface area contributed by atoms with Crippen LogP contribution in [-0.2, 0) is 19.1 Å². The van der Waals surface area contributed by atoms with Crippen molar-refractivity contribution in [3.05, 3.63) is 11.6 Å². The first-order valence-corrected chi connectivity index (χ1v) is 14.5. The SMILES string of the molecule is CC(=O)O[C@@H]1CC2=CCC3C4CCC([C@H](C)CCCC(C)C)[C@@]4(C)CCC3[C@@]2(C)[C@@H](OC(C)=O)C1. The molecule has 4 aliphatic carbocycles. The van der Waals surface area contributed by atoms with Gasteiger partial charge in [0.15, 0.2) is 0 Å².